The summed E-state index contributed by atoms with van der Waals surface area (Å²) in [6.45, 7) is 0. The van der Waals surface area contributed by atoms with Crippen LogP contribution in [0.15, 0.2) is 36.4 Å². The summed E-state index contributed by atoms with van der Waals surface area (Å²) in [4.78, 5) is 11.9. The third-order valence-electron chi connectivity index (χ3n) is 2.69. The highest BCUT2D eigenvalue weighted by molar-refractivity contribution is 6.05. The van der Waals surface area contributed by atoms with Crippen LogP contribution in [0.1, 0.15) is 10.4 Å². The zero-order valence-corrected chi connectivity index (χ0v) is 10.6. The van der Waals surface area contributed by atoms with E-state index in [2.05, 4.69) is 5.32 Å². The Morgan fingerprint density at radius 2 is 1.85 bits per heavy atom. The number of methoxy groups -OCH3 is 1. The molecular weight excluding hydrogens is 266 g/mol. The van der Waals surface area contributed by atoms with Crippen LogP contribution in [0.5, 0.6) is 5.75 Å². The van der Waals surface area contributed by atoms with E-state index >= 15 is 0 Å². The molecule has 0 unspecified atom stereocenters. The van der Waals surface area contributed by atoms with Gasteiger partial charge in [-0.25, -0.2) is 8.78 Å². The minimum Gasteiger partial charge on any atom is -0.495 e. The summed E-state index contributed by atoms with van der Waals surface area (Å²) in [5, 5.41) is 2.17. The molecule has 6 heteroatoms. The molecule has 20 heavy (non-hydrogen) atoms. The van der Waals surface area contributed by atoms with E-state index < -0.39 is 23.2 Å². The number of anilines is 2. The van der Waals surface area contributed by atoms with Gasteiger partial charge in [-0.2, -0.15) is 0 Å². The molecule has 0 aliphatic rings. The second-order valence-electron chi connectivity index (χ2n) is 4.01. The lowest BCUT2D eigenvalue weighted by Crippen LogP contribution is -2.14. The number of nitrogens with one attached hydrogen (secondary N) is 1. The zero-order valence-electron chi connectivity index (χ0n) is 10.6. The lowest BCUT2D eigenvalue weighted by molar-refractivity contribution is 0.102. The predicted octanol–water partition coefficient (Wildman–Crippen LogP) is 2.81. The SMILES string of the molecule is COc1ccc(C(=O)Nc2c(F)cccc2F)cc1N. The van der Waals surface area contributed by atoms with Gasteiger partial charge < -0.3 is 15.8 Å². The molecular formula is C14H12F2N2O2. The number of amides is 1. The molecule has 0 aromatic heterocycles. The van der Waals surface area contributed by atoms with E-state index in [9.17, 15) is 13.6 Å². The third-order valence-corrected chi connectivity index (χ3v) is 2.69. The Bertz CT molecular complexity index is 639. The van der Waals surface area contributed by atoms with Gasteiger partial charge in [-0.05, 0) is 30.3 Å². The molecule has 0 atom stereocenters. The number of nitrogens with two attached hydrogens (primary N) is 1. The second-order valence-corrected chi connectivity index (χ2v) is 4.01. The van der Waals surface area contributed by atoms with Gasteiger partial charge in [0.25, 0.3) is 5.91 Å². The molecule has 0 bridgehead atoms. The zero-order chi connectivity index (χ0) is 14.7. The highest BCUT2D eigenvalue weighted by atomic mass is 19.1. The van der Waals surface area contributed by atoms with Crippen LogP contribution in [0.3, 0.4) is 0 Å². The van der Waals surface area contributed by atoms with Crippen LogP contribution in [0.4, 0.5) is 20.2 Å². The number of benzene rings is 2. The normalized spacial score (nSPS) is 10.2. The van der Waals surface area contributed by atoms with Crippen molar-refractivity contribution in [2.24, 2.45) is 0 Å². The predicted molar refractivity (Wildman–Crippen MR) is 71.7 cm³/mol. The Balaban J connectivity index is 2.26. The highest BCUT2D eigenvalue weighted by Gasteiger charge is 2.14. The summed E-state index contributed by atoms with van der Waals surface area (Å²) < 4.78 is 31.8. The van der Waals surface area contributed by atoms with Gasteiger partial charge in [-0.3, -0.25) is 4.79 Å². The smallest absolute Gasteiger partial charge is 0.255 e. The molecule has 0 saturated carbocycles. The van der Waals surface area contributed by atoms with Crippen molar-refractivity contribution in [1.29, 1.82) is 0 Å². The summed E-state index contributed by atoms with van der Waals surface area (Å²) >= 11 is 0. The fourth-order valence-corrected chi connectivity index (χ4v) is 1.68. The number of hydrogen-bond acceptors (Lipinski definition) is 3. The van der Waals surface area contributed by atoms with Crippen LogP contribution < -0.4 is 15.8 Å². The van der Waals surface area contributed by atoms with Crippen LogP contribution in [0.25, 0.3) is 0 Å². The van der Waals surface area contributed by atoms with Gasteiger partial charge in [0.2, 0.25) is 0 Å². The Labute approximate surface area is 114 Å². The summed E-state index contributed by atoms with van der Waals surface area (Å²) in [5.41, 5.74) is 5.61. The Morgan fingerprint density at radius 1 is 1.20 bits per heavy atom. The first-order valence-corrected chi connectivity index (χ1v) is 5.72. The van der Waals surface area contributed by atoms with Gasteiger partial charge in [0.15, 0.2) is 0 Å². The number of nitrogen functional groups attached to an aromatic ring is 1. The largest absolute Gasteiger partial charge is 0.495 e. The first-order valence-electron chi connectivity index (χ1n) is 5.72. The van der Waals surface area contributed by atoms with Crippen LogP contribution >= 0.6 is 0 Å². The first-order chi connectivity index (χ1) is 9.52. The average molecular weight is 278 g/mol. The maximum atomic E-state index is 13.4. The highest BCUT2D eigenvalue weighted by Crippen LogP contribution is 2.23. The number of rotatable bonds is 3. The number of carbonyl (C=O) groups excluding carboxylic acids is 1. The minimum atomic E-state index is -0.847. The third kappa shape index (κ3) is 2.69. The lowest BCUT2D eigenvalue weighted by Gasteiger charge is -2.09. The maximum Gasteiger partial charge on any atom is 0.255 e. The summed E-state index contributed by atoms with van der Waals surface area (Å²) in [6.07, 6.45) is 0. The second kappa shape index (κ2) is 5.56. The molecule has 0 aliphatic carbocycles. The van der Waals surface area contributed by atoms with Gasteiger partial charge >= 0.3 is 0 Å². The number of halogens is 2. The minimum absolute atomic E-state index is 0.172. The molecule has 4 nitrogen and oxygen atoms in total. The van der Waals surface area contributed by atoms with E-state index in [1.54, 1.807) is 0 Å². The number of para-hydroxylation sites is 1. The summed E-state index contributed by atoms with van der Waals surface area (Å²) in [7, 11) is 1.44. The molecule has 0 aliphatic heterocycles. The molecule has 0 saturated heterocycles. The van der Waals surface area contributed by atoms with Gasteiger partial charge in [0.1, 0.15) is 23.1 Å². The Hall–Kier alpha value is -2.63. The first kappa shape index (κ1) is 13.8. The van der Waals surface area contributed by atoms with Crippen molar-refractivity contribution in [1.82, 2.24) is 0 Å². The molecule has 0 fully saturated rings. The van der Waals surface area contributed by atoms with Gasteiger partial charge in [-0.1, -0.05) is 6.07 Å². The maximum absolute atomic E-state index is 13.4. The Kier molecular flexibility index (Phi) is 3.84. The van der Waals surface area contributed by atoms with E-state index in [0.717, 1.165) is 12.1 Å². The van der Waals surface area contributed by atoms with E-state index in [1.165, 1.54) is 31.4 Å². The fourth-order valence-electron chi connectivity index (χ4n) is 1.68. The molecule has 2 aromatic carbocycles. The molecule has 0 radical (unpaired) electrons. The number of carbonyl (C=O) groups is 1. The van der Waals surface area contributed by atoms with E-state index in [4.69, 9.17) is 10.5 Å². The van der Waals surface area contributed by atoms with Gasteiger partial charge in [-0.15, -0.1) is 0 Å². The molecule has 104 valence electrons. The van der Waals surface area contributed by atoms with Gasteiger partial charge in [0, 0.05) is 5.56 Å². The fraction of sp³-hybridized carbons (Fsp3) is 0.0714. The topological polar surface area (TPSA) is 64.3 Å². The van der Waals surface area contributed by atoms with Crippen molar-refractivity contribution in [2.75, 3.05) is 18.2 Å². The average Bonchev–Trinajstić information content (AvgIpc) is 2.42. The van der Waals surface area contributed by atoms with Crippen LogP contribution in [-0.4, -0.2) is 13.0 Å². The summed E-state index contributed by atoms with van der Waals surface area (Å²) in [6, 6.07) is 7.64. The molecule has 3 N–H and O–H groups in total. The van der Waals surface area contributed by atoms with E-state index in [1.807, 2.05) is 0 Å². The van der Waals surface area contributed by atoms with Crippen molar-refractivity contribution in [3.8, 4) is 5.75 Å². The molecule has 1 amide bonds. The molecule has 0 spiro atoms. The number of hydrogen-bond donors (Lipinski definition) is 2. The van der Waals surface area contributed by atoms with Crippen LogP contribution in [0, 0.1) is 11.6 Å². The van der Waals surface area contributed by atoms with Crippen molar-refractivity contribution in [2.45, 2.75) is 0 Å². The molecule has 0 heterocycles. The lowest BCUT2D eigenvalue weighted by atomic mass is 10.1. The van der Waals surface area contributed by atoms with Crippen molar-refractivity contribution in [3.63, 3.8) is 0 Å². The van der Waals surface area contributed by atoms with Crippen molar-refractivity contribution in [3.05, 3.63) is 53.6 Å². The standard InChI is InChI=1S/C14H12F2N2O2/c1-20-12-6-5-8(7-11(12)17)14(19)18-13-9(15)3-2-4-10(13)16/h2-7H,17H2,1H3,(H,18,19). The van der Waals surface area contributed by atoms with Crippen molar-refractivity contribution >= 4 is 17.3 Å². The molecule has 2 aromatic rings. The van der Waals surface area contributed by atoms with E-state index in [-0.39, 0.29) is 11.3 Å². The van der Waals surface area contributed by atoms with E-state index in [0.29, 0.717) is 5.75 Å². The quantitative estimate of drug-likeness (QED) is 0.848. The molecule has 2 rings (SSSR count). The van der Waals surface area contributed by atoms with Crippen molar-refractivity contribution < 1.29 is 18.3 Å². The van der Waals surface area contributed by atoms with Gasteiger partial charge in [0.05, 0.1) is 12.8 Å². The van der Waals surface area contributed by atoms with Crippen LogP contribution in [-0.2, 0) is 0 Å². The monoisotopic (exact) mass is 278 g/mol. The number of ether oxygens (including phenoxy) is 1. The Morgan fingerprint density at radius 3 is 2.40 bits per heavy atom. The van der Waals surface area contributed by atoms with Crippen LogP contribution in [0.2, 0.25) is 0 Å². The summed E-state index contributed by atoms with van der Waals surface area (Å²) in [5.74, 6) is -1.94.